The molecule has 0 aromatic heterocycles. The number of imide groups is 1. The highest BCUT2D eigenvalue weighted by Gasteiger charge is 2.63. The summed E-state index contributed by atoms with van der Waals surface area (Å²) < 4.78 is 0. The van der Waals surface area contributed by atoms with E-state index in [0.29, 0.717) is 5.69 Å². The van der Waals surface area contributed by atoms with Crippen LogP contribution in [0, 0.1) is 37.5 Å². The zero-order chi connectivity index (χ0) is 16.5. The summed E-state index contributed by atoms with van der Waals surface area (Å²) in [5.41, 5.74) is 2.47. The maximum atomic E-state index is 12.9. The lowest BCUT2D eigenvalue weighted by molar-refractivity contribution is -0.153. The molecule has 3 saturated carbocycles. The lowest BCUT2D eigenvalue weighted by atomic mass is 9.58. The molecule has 1 aromatic carbocycles. The first kappa shape index (κ1) is 14.3. The van der Waals surface area contributed by atoms with Gasteiger partial charge in [-0.3, -0.25) is 19.2 Å². The zero-order valence-corrected chi connectivity index (χ0v) is 13.0. The molecule has 1 saturated heterocycles. The normalized spacial score (nSPS) is 32.7. The average molecular weight is 311 g/mol. The molecule has 0 N–H and O–H groups in total. The molecular weight excluding hydrogens is 294 g/mol. The van der Waals surface area contributed by atoms with Crippen LogP contribution in [0.5, 0.6) is 0 Å². The second-order valence-electron chi connectivity index (χ2n) is 6.96. The predicted octanol–water partition coefficient (Wildman–Crippen LogP) is 1.59. The number of Topliss-reactive ketones (excluding diaryl/α,β-unsaturated/α-hetero) is 2. The molecule has 5 nitrogen and oxygen atoms in total. The van der Waals surface area contributed by atoms with Gasteiger partial charge in [-0.15, -0.1) is 0 Å². The molecule has 0 spiro atoms. The monoisotopic (exact) mass is 311 g/mol. The standard InChI is InChI=1S/C18H17NO4/c1-8-3-9(2)5-10(4-8)19-17(22)15-11-6-13(20)12(7-14(11)21)16(15)18(19)23/h3-5,11-12,15-16H,6-7H2,1-2H3/t11-,12-,15-,16+/m0/s1. The van der Waals surface area contributed by atoms with Crippen molar-refractivity contribution >= 4 is 29.1 Å². The number of aryl methyl sites for hydroxylation is 2. The lowest BCUT2D eigenvalue weighted by Crippen LogP contribution is -2.51. The Labute approximate surface area is 133 Å². The van der Waals surface area contributed by atoms with Gasteiger partial charge >= 0.3 is 0 Å². The van der Waals surface area contributed by atoms with E-state index in [1.807, 2.05) is 19.9 Å². The van der Waals surface area contributed by atoms with E-state index in [-0.39, 0.29) is 36.2 Å². The van der Waals surface area contributed by atoms with Gasteiger partial charge in [-0.05, 0) is 37.1 Å². The summed E-state index contributed by atoms with van der Waals surface area (Å²) in [6, 6.07) is 5.57. The minimum atomic E-state index is -0.646. The van der Waals surface area contributed by atoms with Crippen LogP contribution in [0.4, 0.5) is 5.69 Å². The van der Waals surface area contributed by atoms with E-state index >= 15 is 0 Å². The van der Waals surface area contributed by atoms with E-state index in [9.17, 15) is 19.2 Å². The van der Waals surface area contributed by atoms with Crippen molar-refractivity contribution in [3.8, 4) is 0 Å². The van der Waals surface area contributed by atoms with Crippen LogP contribution < -0.4 is 4.90 Å². The fraction of sp³-hybridized carbons (Fsp3) is 0.444. The van der Waals surface area contributed by atoms with Crippen LogP contribution in [0.2, 0.25) is 0 Å². The number of nitrogens with zero attached hydrogens (tertiary/aromatic N) is 1. The highest BCUT2D eigenvalue weighted by atomic mass is 16.2. The molecule has 1 aliphatic heterocycles. The van der Waals surface area contributed by atoms with Gasteiger partial charge in [0.15, 0.2) is 0 Å². The lowest BCUT2D eigenvalue weighted by Gasteiger charge is -2.40. The predicted molar refractivity (Wildman–Crippen MR) is 81.6 cm³/mol. The molecule has 5 rings (SSSR count). The number of benzene rings is 1. The van der Waals surface area contributed by atoms with Crippen molar-refractivity contribution in [2.75, 3.05) is 4.90 Å². The van der Waals surface area contributed by atoms with Crippen LogP contribution in [-0.4, -0.2) is 23.4 Å². The number of ketones is 2. The first-order valence-electron chi connectivity index (χ1n) is 7.90. The number of carbonyl (C=O) groups excluding carboxylic acids is 4. The van der Waals surface area contributed by atoms with Crippen molar-refractivity contribution in [1.82, 2.24) is 0 Å². The van der Waals surface area contributed by atoms with E-state index in [1.165, 1.54) is 4.90 Å². The van der Waals surface area contributed by atoms with Crippen LogP contribution in [0.3, 0.4) is 0 Å². The average Bonchev–Trinajstić information content (AvgIpc) is 2.72. The van der Waals surface area contributed by atoms with E-state index in [1.54, 1.807) is 12.1 Å². The van der Waals surface area contributed by atoms with Gasteiger partial charge in [-0.2, -0.15) is 0 Å². The second-order valence-corrected chi connectivity index (χ2v) is 6.96. The van der Waals surface area contributed by atoms with Crippen LogP contribution in [0.25, 0.3) is 0 Å². The van der Waals surface area contributed by atoms with Gasteiger partial charge < -0.3 is 0 Å². The third-order valence-electron chi connectivity index (χ3n) is 5.40. The summed E-state index contributed by atoms with van der Waals surface area (Å²) in [7, 11) is 0. The molecule has 1 aromatic rings. The van der Waals surface area contributed by atoms with Gasteiger partial charge in [-0.25, -0.2) is 4.90 Å². The van der Waals surface area contributed by atoms with Crippen molar-refractivity contribution in [2.45, 2.75) is 26.7 Å². The Morgan fingerprint density at radius 3 is 1.65 bits per heavy atom. The number of anilines is 1. The number of amides is 2. The number of hydrogen-bond acceptors (Lipinski definition) is 4. The molecule has 4 atom stereocenters. The Balaban J connectivity index is 1.80. The number of carbonyl (C=O) groups is 4. The van der Waals surface area contributed by atoms with E-state index < -0.39 is 23.7 Å². The molecule has 1 heterocycles. The Bertz CT molecular complexity index is 721. The summed E-state index contributed by atoms with van der Waals surface area (Å²) in [6.07, 6.45) is 0.231. The van der Waals surface area contributed by atoms with Crippen molar-refractivity contribution in [2.24, 2.45) is 23.7 Å². The highest BCUT2D eigenvalue weighted by molar-refractivity contribution is 6.25. The highest BCUT2D eigenvalue weighted by Crippen LogP contribution is 2.50. The summed E-state index contributed by atoms with van der Waals surface area (Å²) in [5, 5.41) is 0. The third-order valence-corrected chi connectivity index (χ3v) is 5.40. The van der Waals surface area contributed by atoms with E-state index in [2.05, 4.69) is 0 Å². The first-order chi connectivity index (χ1) is 10.9. The quantitative estimate of drug-likeness (QED) is 0.738. The molecule has 5 heteroatoms. The zero-order valence-electron chi connectivity index (χ0n) is 13.0. The SMILES string of the molecule is Cc1cc(C)cc(N2C(=O)[C@@H]3[C@H](C2=O)[C@H]2CC(=O)[C@@H]3CC2=O)c1. The summed E-state index contributed by atoms with van der Waals surface area (Å²) >= 11 is 0. The molecule has 3 aliphatic carbocycles. The third kappa shape index (κ3) is 1.85. The maximum Gasteiger partial charge on any atom is 0.238 e. The van der Waals surface area contributed by atoms with Crippen LogP contribution in [0.1, 0.15) is 24.0 Å². The summed E-state index contributed by atoms with van der Waals surface area (Å²) in [6.45, 7) is 3.82. The molecule has 23 heavy (non-hydrogen) atoms. The second kappa shape index (κ2) is 4.60. The number of hydrogen-bond donors (Lipinski definition) is 0. The molecule has 2 amide bonds. The van der Waals surface area contributed by atoms with Gasteiger partial charge in [0.1, 0.15) is 11.6 Å². The molecule has 0 radical (unpaired) electrons. The van der Waals surface area contributed by atoms with Gasteiger partial charge in [0.25, 0.3) is 0 Å². The van der Waals surface area contributed by atoms with Crippen molar-refractivity contribution < 1.29 is 19.2 Å². The number of fused-ring (bicyclic) bond motifs is 2. The summed E-state index contributed by atoms with van der Waals surface area (Å²) in [4.78, 5) is 51.1. The molecule has 118 valence electrons. The van der Waals surface area contributed by atoms with E-state index in [4.69, 9.17) is 0 Å². The topological polar surface area (TPSA) is 71.5 Å². The Kier molecular flexibility index (Phi) is 2.86. The Hall–Kier alpha value is -2.30. The van der Waals surface area contributed by atoms with Crippen LogP contribution >= 0.6 is 0 Å². The molecule has 0 unspecified atom stereocenters. The maximum absolute atomic E-state index is 12.9. The first-order valence-corrected chi connectivity index (χ1v) is 7.90. The Morgan fingerprint density at radius 2 is 1.22 bits per heavy atom. The molecule has 4 fully saturated rings. The van der Waals surface area contributed by atoms with Crippen molar-refractivity contribution in [1.29, 1.82) is 0 Å². The minimum Gasteiger partial charge on any atom is -0.299 e. The van der Waals surface area contributed by atoms with Gasteiger partial charge in [0.2, 0.25) is 11.8 Å². The fourth-order valence-electron chi connectivity index (χ4n) is 4.51. The largest absolute Gasteiger partial charge is 0.299 e. The number of rotatable bonds is 1. The molecular formula is C18H17NO4. The Morgan fingerprint density at radius 1 is 0.783 bits per heavy atom. The van der Waals surface area contributed by atoms with Crippen LogP contribution in [-0.2, 0) is 19.2 Å². The van der Waals surface area contributed by atoms with Gasteiger partial charge in [-0.1, -0.05) is 6.07 Å². The smallest absolute Gasteiger partial charge is 0.238 e. The van der Waals surface area contributed by atoms with Crippen LogP contribution in [0.15, 0.2) is 18.2 Å². The molecule has 4 aliphatic rings. The van der Waals surface area contributed by atoms with Crippen molar-refractivity contribution in [3.05, 3.63) is 29.3 Å². The fourth-order valence-corrected chi connectivity index (χ4v) is 4.51. The van der Waals surface area contributed by atoms with Crippen molar-refractivity contribution in [3.63, 3.8) is 0 Å². The van der Waals surface area contributed by atoms with Gasteiger partial charge in [0.05, 0.1) is 17.5 Å². The minimum absolute atomic E-state index is 0.0423. The molecule has 2 bridgehead atoms. The van der Waals surface area contributed by atoms with E-state index in [0.717, 1.165) is 11.1 Å². The summed E-state index contributed by atoms with van der Waals surface area (Å²) in [5.74, 6) is -3.23. The van der Waals surface area contributed by atoms with Gasteiger partial charge in [0, 0.05) is 24.7 Å².